The van der Waals surface area contributed by atoms with Gasteiger partial charge in [-0.3, -0.25) is 0 Å². The number of hydrogen-bond acceptors (Lipinski definition) is 4. The van der Waals surface area contributed by atoms with Crippen molar-refractivity contribution in [3.63, 3.8) is 0 Å². The highest BCUT2D eigenvalue weighted by Gasteiger charge is 2.20. The molecule has 1 N–H and O–H groups in total. The van der Waals surface area contributed by atoms with Gasteiger partial charge in [-0.05, 0) is 31.0 Å². The molecule has 4 nitrogen and oxygen atoms in total. The van der Waals surface area contributed by atoms with E-state index in [0.717, 1.165) is 29.4 Å². The molecule has 0 aliphatic carbocycles. The molecule has 5 heteroatoms. The van der Waals surface area contributed by atoms with Crippen LogP contribution in [0.5, 0.6) is 0 Å². The van der Waals surface area contributed by atoms with E-state index in [-0.39, 0.29) is 6.04 Å². The third kappa shape index (κ3) is 2.96. The van der Waals surface area contributed by atoms with Crippen molar-refractivity contribution < 1.29 is 4.52 Å². The number of hydrogen-bond donors (Lipinski definition) is 1. The summed E-state index contributed by atoms with van der Waals surface area (Å²) in [5.74, 6) is 1.39. The van der Waals surface area contributed by atoms with Crippen LogP contribution < -0.4 is 5.32 Å². The molecule has 19 heavy (non-hydrogen) atoms. The van der Waals surface area contributed by atoms with Gasteiger partial charge in [0.25, 0.3) is 0 Å². The maximum Gasteiger partial charge on any atom is 0.231 e. The molecule has 1 aliphatic heterocycles. The molecule has 1 aromatic heterocycles. The standard InChI is InChI=1S/C14H16ClN3O/c15-11-6-2-1-5-10(11)9-13-17-14(18-19-13)12-7-3-4-8-16-12/h1-2,5-6,12,16H,3-4,7-9H2. The molecule has 1 fully saturated rings. The number of piperidine rings is 1. The van der Waals surface area contributed by atoms with Crippen molar-refractivity contribution in [3.8, 4) is 0 Å². The van der Waals surface area contributed by atoms with E-state index in [0.29, 0.717) is 12.3 Å². The van der Waals surface area contributed by atoms with E-state index in [2.05, 4.69) is 15.5 Å². The van der Waals surface area contributed by atoms with Gasteiger partial charge in [0.1, 0.15) is 0 Å². The lowest BCUT2D eigenvalue weighted by atomic mass is 10.0. The maximum atomic E-state index is 6.13. The van der Waals surface area contributed by atoms with Crippen LogP contribution in [0.3, 0.4) is 0 Å². The molecule has 100 valence electrons. The summed E-state index contributed by atoms with van der Waals surface area (Å²) in [7, 11) is 0. The third-order valence-corrected chi connectivity index (χ3v) is 3.77. The minimum atomic E-state index is 0.234. The summed E-state index contributed by atoms with van der Waals surface area (Å²) in [5.41, 5.74) is 1.01. The molecule has 0 amide bonds. The summed E-state index contributed by atoms with van der Waals surface area (Å²) in [4.78, 5) is 4.47. The summed E-state index contributed by atoms with van der Waals surface area (Å²) in [6, 6.07) is 7.96. The fraction of sp³-hybridized carbons (Fsp3) is 0.429. The molecule has 1 aromatic carbocycles. The van der Waals surface area contributed by atoms with Gasteiger partial charge in [0.05, 0.1) is 12.5 Å². The summed E-state index contributed by atoms with van der Waals surface area (Å²) < 4.78 is 5.32. The first kappa shape index (κ1) is 12.6. The van der Waals surface area contributed by atoms with Gasteiger partial charge in [0, 0.05) is 5.02 Å². The van der Waals surface area contributed by atoms with Crippen molar-refractivity contribution in [2.75, 3.05) is 6.54 Å². The Morgan fingerprint density at radius 2 is 2.21 bits per heavy atom. The van der Waals surface area contributed by atoms with Crippen LogP contribution in [0.25, 0.3) is 0 Å². The SMILES string of the molecule is Clc1ccccc1Cc1nc(C2CCCCN2)no1. The van der Waals surface area contributed by atoms with Gasteiger partial charge < -0.3 is 9.84 Å². The van der Waals surface area contributed by atoms with E-state index in [1.807, 2.05) is 24.3 Å². The largest absolute Gasteiger partial charge is 0.339 e. The van der Waals surface area contributed by atoms with Crippen LogP contribution in [0.1, 0.15) is 42.6 Å². The van der Waals surface area contributed by atoms with Crippen LogP contribution >= 0.6 is 11.6 Å². The number of rotatable bonds is 3. The Labute approximate surface area is 117 Å². The van der Waals surface area contributed by atoms with E-state index < -0.39 is 0 Å². The second kappa shape index (κ2) is 5.72. The van der Waals surface area contributed by atoms with Crippen molar-refractivity contribution in [1.29, 1.82) is 0 Å². The Bertz CT molecular complexity index is 549. The zero-order valence-electron chi connectivity index (χ0n) is 10.6. The summed E-state index contributed by atoms with van der Waals surface area (Å²) in [6.45, 7) is 1.03. The zero-order chi connectivity index (χ0) is 13.1. The monoisotopic (exact) mass is 277 g/mol. The third-order valence-electron chi connectivity index (χ3n) is 3.41. The molecule has 2 heterocycles. The topological polar surface area (TPSA) is 51.0 Å². The molecule has 1 aliphatic rings. The molecule has 0 radical (unpaired) electrons. The van der Waals surface area contributed by atoms with E-state index in [4.69, 9.17) is 16.1 Å². The molecule has 1 atom stereocenters. The average molecular weight is 278 g/mol. The van der Waals surface area contributed by atoms with E-state index >= 15 is 0 Å². The Morgan fingerprint density at radius 3 is 3.00 bits per heavy atom. The van der Waals surface area contributed by atoms with Gasteiger partial charge in [-0.15, -0.1) is 0 Å². The molecule has 3 rings (SSSR count). The Morgan fingerprint density at radius 1 is 1.32 bits per heavy atom. The van der Waals surface area contributed by atoms with Crippen LogP contribution in [0.2, 0.25) is 5.02 Å². The van der Waals surface area contributed by atoms with Gasteiger partial charge in [-0.1, -0.05) is 41.4 Å². The summed E-state index contributed by atoms with van der Waals surface area (Å²) in [5, 5.41) is 8.22. The fourth-order valence-corrected chi connectivity index (χ4v) is 2.56. The second-order valence-corrected chi connectivity index (χ2v) is 5.22. The predicted octanol–water partition coefficient (Wildman–Crippen LogP) is 3.13. The molecule has 0 saturated carbocycles. The smallest absolute Gasteiger partial charge is 0.231 e. The average Bonchev–Trinajstić information content (AvgIpc) is 2.91. The van der Waals surface area contributed by atoms with Crippen LogP contribution in [-0.4, -0.2) is 16.7 Å². The lowest BCUT2D eigenvalue weighted by molar-refractivity contribution is 0.351. The summed E-state index contributed by atoms with van der Waals surface area (Å²) in [6.07, 6.45) is 4.09. The van der Waals surface area contributed by atoms with E-state index in [9.17, 15) is 0 Å². The highest BCUT2D eigenvalue weighted by atomic mass is 35.5. The number of nitrogens with one attached hydrogen (secondary N) is 1. The first-order valence-electron chi connectivity index (χ1n) is 6.62. The zero-order valence-corrected chi connectivity index (χ0v) is 11.4. The van der Waals surface area contributed by atoms with E-state index in [1.165, 1.54) is 12.8 Å². The Hall–Kier alpha value is -1.39. The summed E-state index contributed by atoms with van der Waals surface area (Å²) >= 11 is 6.13. The lowest BCUT2D eigenvalue weighted by Gasteiger charge is -2.19. The number of aromatic nitrogens is 2. The molecule has 2 aromatic rings. The molecular weight excluding hydrogens is 262 g/mol. The minimum absolute atomic E-state index is 0.234. The second-order valence-electron chi connectivity index (χ2n) is 4.82. The quantitative estimate of drug-likeness (QED) is 0.936. The molecule has 0 bridgehead atoms. The Kier molecular flexibility index (Phi) is 3.80. The van der Waals surface area contributed by atoms with Crippen LogP contribution in [0.4, 0.5) is 0 Å². The number of nitrogens with zero attached hydrogens (tertiary/aromatic N) is 2. The molecular formula is C14H16ClN3O. The van der Waals surface area contributed by atoms with Gasteiger partial charge >= 0.3 is 0 Å². The van der Waals surface area contributed by atoms with Crippen molar-refractivity contribution in [1.82, 2.24) is 15.5 Å². The van der Waals surface area contributed by atoms with Crippen LogP contribution in [-0.2, 0) is 6.42 Å². The highest BCUT2D eigenvalue weighted by molar-refractivity contribution is 6.31. The first-order valence-corrected chi connectivity index (χ1v) is 7.00. The minimum Gasteiger partial charge on any atom is -0.339 e. The molecule has 1 saturated heterocycles. The normalized spacial score (nSPS) is 19.5. The predicted molar refractivity (Wildman–Crippen MR) is 73.2 cm³/mol. The molecule has 0 spiro atoms. The van der Waals surface area contributed by atoms with Gasteiger partial charge in [0.2, 0.25) is 5.89 Å². The van der Waals surface area contributed by atoms with Crippen molar-refractivity contribution in [2.24, 2.45) is 0 Å². The van der Waals surface area contributed by atoms with Gasteiger partial charge in [-0.25, -0.2) is 0 Å². The van der Waals surface area contributed by atoms with Crippen molar-refractivity contribution in [3.05, 3.63) is 46.6 Å². The van der Waals surface area contributed by atoms with Crippen LogP contribution in [0, 0.1) is 0 Å². The number of halogens is 1. The van der Waals surface area contributed by atoms with E-state index in [1.54, 1.807) is 0 Å². The maximum absolute atomic E-state index is 6.13. The van der Waals surface area contributed by atoms with Crippen LogP contribution in [0.15, 0.2) is 28.8 Å². The highest BCUT2D eigenvalue weighted by Crippen LogP contribution is 2.22. The molecule has 1 unspecified atom stereocenters. The van der Waals surface area contributed by atoms with Crippen molar-refractivity contribution >= 4 is 11.6 Å². The van der Waals surface area contributed by atoms with Gasteiger partial charge in [0.15, 0.2) is 5.82 Å². The fourth-order valence-electron chi connectivity index (χ4n) is 2.36. The number of benzene rings is 1. The first-order chi connectivity index (χ1) is 9.33. The van der Waals surface area contributed by atoms with Crippen molar-refractivity contribution in [2.45, 2.75) is 31.7 Å². The lowest BCUT2D eigenvalue weighted by Crippen LogP contribution is -2.27. The Balaban J connectivity index is 1.73. The van der Waals surface area contributed by atoms with Gasteiger partial charge in [-0.2, -0.15) is 4.98 Å².